The van der Waals surface area contributed by atoms with Crippen LogP contribution in [0.5, 0.6) is 0 Å². The SMILES string of the molecule is Nc1ncnc2c1ncn2Cc1c(N2CC[C@](N)(C(=O)NC3CC3)C2)ccc(F)c1CN1CCCCC1. The van der Waals surface area contributed by atoms with E-state index in [2.05, 4.69) is 30.1 Å². The van der Waals surface area contributed by atoms with Gasteiger partial charge in [-0.05, 0) is 57.3 Å². The molecule has 3 aliphatic rings. The Morgan fingerprint density at radius 2 is 1.89 bits per heavy atom. The van der Waals surface area contributed by atoms with E-state index in [1.807, 2.05) is 10.6 Å². The summed E-state index contributed by atoms with van der Waals surface area (Å²) in [6.45, 7) is 3.81. The number of carbonyl (C=O) groups is 1. The van der Waals surface area contributed by atoms with Gasteiger partial charge < -0.3 is 26.3 Å². The first-order valence-corrected chi connectivity index (χ1v) is 13.2. The van der Waals surface area contributed by atoms with Crippen molar-refractivity contribution in [3.05, 3.63) is 41.7 Å². The van der Waals surface area contributed by atoms with Crippen LogP contribution in [-0.4, -0.2) is 68.1 Å². The molecule has 1 atom stereocenters. The second kappa shape index (κ2) is 9.53. The fraction of sp³-hybridized carbons (Fsp3) is 0.538. The molecule has 37 heavy (non-hydrogen) atoms. The largest absolute Gasteiger partial charge is 0.382 e. The first kappa shape index (κ1) is 24.1. The molecule has 196 valence electrons. The molecule has 2 saturated heterocycles. The zero-order valence-electron chi connectivity index (χ0n) is 21.0. The molecular formula is C26H34FN9O. The third-order valence-electron chi connectivity index (χ3n) is 7.94. The van der Waals surface area contributed by atoms with Gasteiger partial charge in [-0.2, -0.15) is 0 Å². The molecule has 1 aromatic carbocycles. The number of hydrogen-bond donors (Lipinski definition) is 3. The van der Waals surface area contributed by atoms with Gasteiger partial charge in [-0.3, -0.25) is 9.69 Å². The number of likely N-dealkylation sites (tertiary alicyclic amines) is 1. The summed E-state index contributed by atoms with van der Waals surface area (Å²) >= 11 is 0. The van der Waals surface area contributed by atoms with Crippen LogP contribution in [-0.2, 0) is 17.9 Å². The van der Waals surface area contributed by atoms with Gasteiger partial charge >= 0.3 is 0 Å². The zero-order valence-corrected chi connectivity index (χ0v) is 21.0. The number of carbonyl (C=O) groups excluding carboxylic acids is 1. The molecule has 0 radical (unpaired) electrons. The summed E-state index contributed by atoms with van der Waals surface area (Å²) in [4.78, 5) is 30.2. The molecule has 3 aromatic rings. The number of benzene rings is 1. The van der Waals surface area contributed by atoms with E-state index in [-0.39, 0.29) is 17.8 Å². The summed E-state index contributed by atoms with van der Waals surface area (Å²) in [7, 11) is 0. The molecule has 2 aliphatic heterocycles. The molecule has 0 unspecified atom stereocenters. The van der Waals surface area contributed by atoms with Gasteiger partial charge in [0.1, 0.15) is 23.2 Å². The second-order valence-electron chi connectivity index (χ2n) is 10.7. The maximum Gasteiger partial charge on any atom is 0.242 e. The predicted octanol–water partition coefficient (Wildman–Crippen LogP) is 1.77. The number of nitrogen functional groups attached to an aromatic ring is 1. The van der Waals surface area contributed by atoms with E-state index in [4.69, 9.17) is 11.5 Å². The zero-order chi connectivity index (χ0) is 25.6. The predicted molar refractivity (Wildman–Crippen MR) is 139 cm³/mol. The Balaban J connectivity index is 1.37. The highest BCUT2D eigenvalue weighted by molar-refractivity contribution is 5.88. The highest BCUT2D eigenvalue weighted by Crippen LogP contribution is 2.34. The van der Waals surface area contributed by atoms with Gasteiger partial charge in [0.05, 0.1) is 12.9 Å². The van der Waals surface area contributed by atoms with Gasteiger partial charge in [-0.1, -0.05) is 6.42 Å². The van der Waals surface area contributed by atoms with Crippen LogP contribution in [0.3, 0.4) is 0 Å². The van der Waals surface area contributed by atoms with Gasteiger partial charge in [0.15, 0.2) is 11.5 Å². The highest BCUT2D eigenvalue weighted by Gasteiger charge is 2.43. The van der Waals surface area contributed by atoms with Crippen molar-refractivity contribution >= 4 is 28.6 Å². The van der Waals surface area contributed by atoms with Gasteiger partial charge in [0.2, 0.25) is 5.91 Å². The van der Waals surface area contributed by atoms with Crippen LogP contribution in [0.15, 0.2) is 24.8 Å². The van der Waals surface area contributed by atoms with Crippen LogP contribution in [0.25, 0.3) is 11.2 Å². The third kappa shape index (κ3) is 4.73. The lowest BCUT2D eigenvalue weighted by Gasteiger charge is -2.30. The quantitative estimate of drug-likeness (QED) is 0.441. The van der Waals surface area contributed by atoms with Crippen LogP contribution in [0.2, 0.25) is 0 Å². The van der Waals surface area contributed by atoms with E-state index in [1.165, 1.54) is 12.7 Å². The number of amides is 1. The second-order valence-corrected chi connectivity index (χ2v) is 10.7. The molecule has 6 rings (SSSR count). The van der Waals surface area contributed by atoms with Crippen molar-refractivity contribution in [1.29, 1.82) is 0 Å². The number of aromatic nitrogens is 4. The summed E-state index contributed by atoms with van der Waals surface area (Å²) < 4.78 is 17.4. The van der Waals surface area contributed by atoms with Crippen LogP contribution in [0.4, 0.5) is 15.9 Å². The minimum Gasteiger partial charge on any atom is -0.382 e. The Hall–Kier alpha value is -3.31. The van der Waals surface area contributed by atoms with E-state index in [9.17, 15) is 4.79 Å². The molecule has 10 nitrogen and oxygen atoms in total. The summed E-state index contributed by atoms with van der Waals surface area (Å²) in [6, 6.07) is 3.62. The molecule has 1 aliphatic carbocycles. The molecule has 0 bridgehead atoms. The molecule has 3 fully saturated rings. The molecule has 4 heterocycles. The van der Waals surface area contributed by atoms with E-state index in [0.717, 1.165) is 50.0 Å². The van der Waals surface area contributed by atoms with Crippen LogP contribution in [0.1, 0.15) is 49.7 Å². The van der Waals surface area contributed by atoms with E-state index in [1.54, 1.807) is 12.4 Å². The average molecular weight is 508 g/mol. The Kier molecular flexibility index (Phi) is 6.20. The number of piperidine rings is 1. The maximum absolute atomic E-state index is 15.5. The fourth-order valence-electron chi connectivity index (χ4n) is 5.60. The smallest absolute Gasteiger partial charge is 0.242 e. The number of nitrogens with two attached hydrogens (primary N) is 2. The van der Waals surface area contributed by atoms with Crippen molar-refractivity contribution in [1.82, 2.24) is 29.7 Å². The molecule has 5 N–H and O–H groups in total. The summed E-state index contributed by atoms with van der Waals surface area (Å²) in [5.41, 5.74) is 15.2. The Morgan fingerprint density at radius 3 is 2.68 bits per heavy atom. The Labute approximate surface area is 215 Å². The van der Waals surface area contributed by atoms with Crippen LogP contribution < -0.4 is 21.7 Å². The topological polar surface area (TPSA) is 131 Å². The first-order valence-electron chi connectivity index (χ1n) is 13.2. The van der Waals surface area contributed by atoms with Crippen molar-refractivity contribution in [2.45, 2.75) is 63.2 Å². The molecule has 0 spiro atoms. The third-order valence-corrected chi connectivity index (χ3v) is 7.94. The molecule has 1 saturated carbocycles. The lowest BCUT2D eigenvalue weighted by atomic mass is 9.98. The first-order chi connectivity index (χ1) is 17.9. The number of hydrogen-bond acceptors (Lipinski definition) is 8. The minimum atomic E-state index is -0.968. The highest BCUT2D eigenvalue weighted by atomic mass is 19.1. The normalized spacial score (nSPS) is 22.6. The van der Waals surface area contributed by atoms with Crippen molar-refractivity contribution < 1.29 is 9.18 Å². The van der Waals surface area contributed by atoms with Crippen molar-refractivity contribution in [3.63, 3.8) is 0 Å². The van der Waals surface area contributed by atoms with Gasteiger partial charge in [0.25, 0.3) is 0 Å². The summed E-state index contributed by atoms with van der Waals surface area (Å²) in [5, 5.41) is 3.06. The van der Waals surface area contributed by atoms with Crippen molar-refractivity contribution in [2.75, 3.05) is 36.8 Å². The summed E-state index contributed by atoms with van der Waals surface area (Å²) in [5.74, 6) is -0.0130. The minimum absolute atomic E-state index is 0.0949. The molecule has 1 amide bonds. The molecule has 2 aromatic heterocycles. The Morgan fingerprint density at radius 1 is 1.08 bits per heavy atom. The van der Waals surface area contributed by atoms with E-state index in [0.29, 0.717) is 55.1 Å². The fourth-order valence-corrected chi connectivity index (χ4v) is 5.60. The number of fused-ring (bicyclic) bond motifs is 1. The number of halogens is 1. The van der Waals surface area contributed by atoms with Gasteiger partial charge in [-0.15, -0.1) is 0 Å². The van der Waals surface area contributed by atoms with Crippen molar-refractivity contribution in [2.24, 2.45) is 5.73 Å². The monoisotopic (exact) mass is 507 g/mol. The van der Waals surface area contributed by atoms with E-state index < -0.39 is 5.54 Å². The van der Waals surface area contributed by atoms with Crippen LogP contribution >= 0.6 is 0 Å². The Bertz CT molecular complexity index is 1320. The van der Waals surface area contributed by atoms with Gasteiger partial charge in [0, 0.05) is 42.5 Å². The molecular weight excluding hydrogens is 473 g/mol. The number of nitrogens with zero attached hydrogens (tertiary/aromatic N) is 6. The standard InChI is InChI=1S/C26H34FN9O/c27-20-6-7-21(35-11-8-26(29,14-35)25(37)33-17-4-5-17)19(18(20)12-34-9-2-1-3-10-34)13-36-16-32-22-23(28)30-15-31-24(22)36/h6-7,15-17H,1-5,8-14,29H2,(H,33,37)(H2,28,30,31)/t26-/m1/s1. The average Bonchev–Trinajstić information content (AvgIpc) is 3.47. The van der Waals surface area contributed by atoms with E-state index >= 15 is 4.39 Å². The lowest BCUT2D eigenvalue weighted by molar-refractivity contribution is -0.125. The number of rotatable bonds is 7. The van der Waals surface area contributed by atoms with Crippen molar-refractivity contribution in [3.8, 4) is 0 Å². The molecule has 11 heteroatoms. The number of nitrogens with one attached hydrogen (secondary N) is 1. The number of imidazole rings is 1. The number of anilines is 2. The lowest BCUT2D eigenvalue weighted by Crippen LogP contribution is -2.56. The van der Waals surface area contributed by atoms with Gasteiger partial charge in [-0.25, -0.2) is 19.3 Å². The summed E-state index contributed by atoms with van der Waals surface area (Å²) in [6.07, 6.45) is 9.12. The van der Waals surface area contributed by atoms with Crippen LogP contribution in [0, 0.1) is 5.82 Å². The maximum atomic E-state index is 15.5.